The van der Waals surface area contributed by atoms with Gasteiger partial charge in [-0.2, -0.15) is 0 Å². The van der Waals surface area contributed by atoms with E-state index in [0.29, 0.717) is 0 Å². The number of hydrogen-bond acceptors (Lipinski definition) is 5. The van der Waals surface area contributed by atoms with Crippen molar-refractivity contribution in [2.24, 2.45) is 0 Å². The first kappa shape index (κ1) is 13.9. The monoisotopic (exact) mass is 255 g/mol. The fourth-order valence-electron chi connectivity index (χ4n) is 1.17. The molecule has 98 valence electrons. The molecule has 0 aromatic heterocycles. The molecular formula is C11H13NO6. The number of hydrogen-bond donors (Lipinski definition) is 2. The van der Waals surface area contributed by atoms with Gasteiger partial charge in [0.25, 0.3) is 0 Å². The molecule has 7 nitrogen and oxygen atoms in total. The third-order valence-corrected chi connectivity index (χ3v) is 1.98. The second-order valence-corrected chi connectivity index (χ2v) is 4.35. The molecule has 0 aliphatic carbocycles. The highest BCUT2D eigenvalue weighted by molar-refractivity contribution is 5.88. The fraction of sp³-hybridized carbons (Fsp3) is 0.364. The van der Waals surface area contributed by atoms with Crippen molar-refractivity contribution in [3.8, 4) is 5.75 Å². The van der Waals surface area contributed by atoms with Crippen LogP contribution in [0.2, 0.25) is 0 Å². The Labute approximate surface area is 103 Å². The summed E-state index contributed by atoms with van der Waals surface area (Å²) in [6, 6.07) is 3.24. The van der Waals surface area contributed by atoms with Crippen molar-refractivity contribution in [3.05, 3.63) is 33.9 Å². The molecule has 0 spiro atoms. The second kappa shape index (κ2) is 5.01. The molecule has 0 radical (unpaired) electrons. The van der Waals surface area contributed by atoms with Crippen LogP contribution < -0.4 is 4.74 Å². The molecular weight excluding hydrogens is 242 g/mol. The average Bonchev–Trinajstić information content (AvgIpc) is 2.24. The van der Waals surface area contributed by atoms with Gasteiger partial charge in [0.2, 0.25) is 0 Å². The van der Waals surface area contributed by atoms with Crippen molar-refractivity contribution in [1.29, 1.82) is 0 Å². The van der Waals surface area contributed by atoms with Crippen LogP contribution in [0.3, 0.4) is 0 Å². The molecule has 0 saturated heterocycles. The van der Waals surface area contributed by atoms with Crippen molar-refractivity contribution < 1.29 is 24.7 Å². The first-order valence-electron chi connectivity index (χ1n) is 5.07. The van der Waals surface area contributed by atoms with Crippen LogP contribution in [0.15, 0.2) is 18.2 Å². The Morgan fingerprint density at radius 1 is 1.50 bits per heavy atom. The lowest BCUT2D eigenvalue weighted by atomic mass is 10.1. The Morgan fingerprint density at radius 2 is 2.11 bits per heavy atom. The molecule has 18 heavy (non-hydrogen) atoms. The summed E-state index contributed by atoms with van der Waals surface area (Å²) in [7, 11) is 0. The van der Waals surface area contributed by atoms with Crippen LogP contribution in [0.25, 0.3) is 0 Å². The first-order valence-corrected chi connectivity index (χ1v) is 5.07. The quantitative estimate of drug-likeness (QED) is 0.608. The first-order chi connectivity index (χ1) is 8.20. The number of rotatable bonds is 5. The van der Waals surface area contributed by atoms with E-state index in [-0.39, 0.29) is 23.6 Å². The Bertz CT molecular complexity index is 477. The van der Waals surface area contributed by atoms with E-state index in [1.165, 1.54) is 13.8 Å². The van der Waals surface area contributed by atoms with Gasteiger partial charge in [-0.25, -0.2) is 4.79 Å². The summed E-state index contributed by atoms with van der Waals surface area (Å²) < 4.78 is 5.10. The Kier molecular flexibility index (Phi) is 3.87. The Morgan fingerprint density at radius 3 is 2.56 bits per heavy atom. The van der Waals surface area contributed by atoms with E-state index in [9.17, 15) is 20.0 Å². The van der Waals surface area contributed by atoms with E-state index in [4.69, 9.17) is 9.84 Å². The molecule has 2 N–H and O–H groups in total. The number of nitro benzene ring substituents is 1. The van der Waals surface area contributed by atoms with Gasteiger partial charge in [0.1, 0.15) is 6.61 Å². The van der Waals surface area contributed by atoms with Gasteiger partial charge < -0.3 is 14.9 Å². The van der Waals surface area contributed by atoms with E-state index < -0.39 is 16.5 Å². The molecule has 0 heterocycles. The van der Waals surface area contributed by atoms with Crippen molar-refractivity contribution in [1.82, 2.24) is 0 Å². The van der Waals surface area contributed by atoms with Crippen molar-refractivity contribution in [2.75, 3.05) is 6.61 Å². The summed E-state index contributed by atoms with van der Waals surface area (Å²) in [5.74, 6) is -1.39. The normalized spacial score (nSPS) is 11.1. The SMILES string of the molecule is CC(C)(O)COc1cc(C(=O)O)ccc1[N+](=O)[O-]. The third kappa shape index (κ3) is 3.70. The van der Waals surface area contributed by atoms with E-state index >= 15 is 0 Å². The fourth-order valence-corrected chi connectivity index (χ4v) is 1.17. The molecule has 0 saturated carbocycles. The number of carboxylic acids is 1. The van der Waals surface area contributed by atoms with E-state index in [2.05, 4.69) is 0 Å². The lowest BCUT2D eigenvalue weighted by Crippen LogP contribution is -2.28. The van der Waals surface area contributed by atoms with Crippen LogP contribution in [-0.4, -0.2) is 33.3 Å². The highest BCUT2D eigenvalue weighted by atomic mass is 16.6. The standard InChI is InChI=1S/C11H13NO6/c1-11(2,15)6-18-9-5-7(10(13)14)3-4-8(9)12(16)17/h3-5,15H,6H2,1-2H3,(H,13,14). The molecule has 0 bridgehead atoms. The molecule has 0 atom stereocenters. The minimum atomic E-state index is -1.21. The summed E-state index contributed by atoms with van der Waals surface area (Å²) in [6.07, 6.45) is 0. The number of nitrogens with zero attached hydrogens (tertiary/aromatic N) is 1. The van der Waals surface area contributed by atoms with Gasteiger partial charge in [0.15, 0.2) is 5.75 Å². The maximum Gasteiger partial charge on any atom is 0.335 e. The molecule has 0 aliphatic rings. The highest BCUT2D eigenvalue weighted by Crippen LogP contribution is 2.28. The predicted octanol–water partition coefficient (Wildman–Crippen LogP) is 1.44. The summed E-state index contributed by atoms with van der Waals surface area (Å²) in [4.78, 5) is 20.8. The molecule has 7 heteroatoms. The van der Waals surface area contributed by atoms with Crippen LogP contribution in [0.5, 0.6) is 5.75 Å². The Hall–Kier alpha value is -2.15. The minimum absolute atomic E-state index is 0.119. The number of aliphatic hydroxyl groups is 1. The summed E-state index contributed by atoms with van der Waals surface area (Å²) in [5, 5.41) is 29.0. The second-order valence-electron chi connectivity index (χ2n) is 4.35. The van der Waals surface area contributed by atoms with Gasteiger partial charge in [-0.1, -0.05) is 0 Å². The molecule has 0 amide bonds. The largest absolute Gasteiger partial charge is 0.484 e. The van der Waals surface area contributed by atoms with Gasteiger partial charge in [0.05, 0.1) is 16.1 Å². The number of nitro groups is 1. The zero-order valence-corrected chi connectivity index (χ0v) is 9.91. The maximum absolute atomic E-state index is 10.8. The topological polar surface area (TPSA) is 110 Å². The van der Waals surface area contributed by atoms with Crippen LogP contribution in [0.4, 0.5) is 5.69 Å². The average molecular weight is 255 g/mol. The number of aromatic carboxylic acids is 1. The maximum atomic E-state index is 10.8. The third-order valence-electron chi connectivity index (χ3n) is 1.98. The Balaban J connectivity index is 3.08. The van der Waals surface area contributed by atoms with Crippen LogP contribution in [-0.2, 0) is 0 Å². The van der Waals surface area contributed by atoms with Crippen LogP contribution in [0, 0.1) is 10.1 Å². The lowest BCUT2D eigenvalue weighted by molar-refractivity contribution is -0.386. The molecule has 1 aromatic carbocycles. The molecule has 0 fully saturated rings. The van der Waals surface area contributed by atoms with Crippen molar-refractivity contribution >= 4 is 11.7 Å². The number of benzene rings is 1. The highest BCUT2D eigenvalue weighted by Gasteiger charge is 2.21. The lowest BCUT2D eigenvalue weighted by Gasteiger charge is -2.17. The summed E-state index contributed by atoms with van der Waals surface area (Å²) in [6.45, 7) is 2.76. The molecule has 0 aliphatic heterocycles. The molecule has 1 rings (SSSR count). The summed E-state index contributed by atoms with van der Waals surface area (Å²) in [5.41, 5.74) is -1.64. The number of carbonyl (C=O) groups is 1. The smallest absolute Gasteiger partial charge is 0.335 e. The van der Waals surface area contributed by atoms with Gasteiger partial charge >= 0.3 is 11.7 Å². The van der Waals surface area contributed by atoms with E-state index in [1.807, 2.05) is 0 Å². The zero-order chi connectivity index (χ0) is 13.9. The molecule has 1 aromatic rings. The predicted molar refractivity (Wildman–Crippen MR) is 61.8 cm³/mol. The van der Waals surface area contributed by atoms with Crippen LogP contribution in [0.1, 0.15) is 24.2 Å². The number of carboxylic acid groups (broad SMARTS) is 1. The van der Waals surface area contributed by atoms with Crippen molar-refractivity contribution in [2.45, 2.75) is 19.4 Å². The van der Waals surface area contributed by atoms with E-state index in [0.717, 1.165) is 18.2 Å². The van der Waals surface area contributed by atoms with Crippen molar-refractivity contribution in [3.63, 3.8) is 0 Å². The van der Waals surface area contributed by atoms with Gasteiger partial charge in [-0.15, -0.1) is 0 Å². The van der Waals surface area contributed by atoms with Gasteiger partial charge in [-0.3, -0.25) is 10.1 Å². The van der Waals surface area contributed by atoms with E-state index in [1.54, 1.807) is 0 Å². The van der Waals surface area contributed by atoms with Crippen LogP contribution >= 0.6 is 0 Å². The molecule has 0 unspecified atom stereocenters. The summed E-state index contributed by atoms with van der Waals surface area (Å²) >= 11 is 0. The van der Waals surface area contributed by atoms with Gasteiger partial charge in [-0.05, 0) is 19.9 Å². The number of ether oxygens (including phenoxy) is 1. The van der Waals surface area contributed by atoms with Gasteiger partial charge in [0, 0.05) is 12.1 Å². The zero-order valence-electron chi connectivity index (χ0n) is 9.91. The minimum Gasteiger partial charge on any atom is -0.484 e.